The van der Waals surface area contributed by atoms with Gasteiger partial charge < -0.3 is 9.73 Å². The number of nitrogens with one attached hydrogen (secondary N) is 1. The van der Waals surface area contributed by atoms with Crippen LogP contribution in [-0.4, -0.2) is 11.5 Å². The first kappa shape index (κ1) is 14.4. The summed E-state index contributed by atoms with van der Waals surface area (Å²) in [5.74, 6) is 2.65. The van der Waals surface area contributed by atoms with Crippen molar-refractivity contribution in [1.29, 1.82) is 0 Å². The van der Waals surface area contributed by atoms with E-state index in [1.807, 2.05) is 24.3 Å². The highest BCUT2D eigenvalue weighted by Gasteiger charge is 2.05. The van der Waals surface area contributed by atoms with E-state index in [1.165, 1.54) is 0 Å². The van der Waals surface area contributed by atoms with Crippen molar-refractivity contribution in [2.24, 2.45) is 0 Å². The molecule has 0 saturated carbocycles. The average Bonchev–Trinajstić information content (AvgIpc) is 2.86. The van der Waals surface area contributed by atoms with E-state index in [4.69, 9.17) is 16.0 Å². The number of hydrogen-bond acceptors (Lipinski definition) is 4. The number of halogens is 1. The lowest BCUT2D eigenvalue weighted by molar-refractivity contribution is 0.459. The van der Waals surface area contributed by atoms with Gasteiger partial charge in [-0.15, -0.1) is 0 Å². The molecule has 0 spiro atoms. The van der Waals surface area contributed by atoms with Gasteiger partial charge in [-0.1, -0.05) is 30.3 Å². The van der Waals surface area contributed by atoms with E-state index in [-0.39, 0.29) is 0 Å². The second kappa shape index (κ2) is 7.58. The third kappa shape index (κ3) is 4.56. The van der Waals surface area contributed by atoms with Crippen LogP contribution in [0.15, 0.2) is 39.9 Å². The van der Waals surface area contributed by atoms with Crippen LogP contribution in [-0.2, 0) is 12.3 Å². The molecule has 0 aromatic carbocycles. The van der Waals surface area contributed by atoms with Gasteiger partial charge in [0.15, 0.2) is 0 Å². The number of furan rings is 1. The van der Waals surface area contributed by atoms with Crippen molar-refractivity contribution in [1.82, 2.24) is 10.3 Å². The minimum atomic E-state index is 0.684. The van der Waals surface area contributed by atoms with E-state index < -0.39 is 0 Å². The Morgan fingerprint density at radius 2 is 2.16 bits per heavy atom. The van der Waals surface area contributed by atoms with Crippen molar-refractivity contribution in [3.05, 3.63) is 47.0 Å². The molecular weight excluding hydrogens is 280 g/mol. The minimum Gasteiger partial charge on any atom is -0.464 e. The molecule has 2 aromatic rings. The molecule has 0 aliphatic carbocycles. The molecule has 0 fully saturated rings. The molecule has 0 bridgehead atoms. The maximum Gasteiger partial charge on any atom is 0.118 e. The van der Waals surface area contributed by atoms with Gasteiger partial charge in [-0.2, -0.15) is 0 Å². The first-order valence-electron chi connectivity index (χ1n) is 6.31. The fraction of sp³-hybridized carbons (Fsp3) is 0.357. The summed E-state index contributed by atoms with van der Waals surface area (Å²) in [6.45, 7) is 3.94. The minimum absolute atomic E-state index is 0.684. The zero-order valence-electron chi connectivity index (χ0n) is 10.9. The lowest BCUT2D eigenvalue weighted by Crippen LogP contribution is -2.12. The van der Waals surface area contributed by atoms with Crippen LogP contribution in [0.5, 0.6) is 0 Å². The lowest BCUT2D eigenvalue weighted by atomic mass is 10.4. The summed E-state index contributed by atoms with van der Waals surface area (Å²) in [5.41, 5.74) is 0. The van der Waals surface area contributed by atoms with E-state index >= 15 is 0 Å². The molecule has 102 valence electrons. The zero-order valence-corrected chi connectivity index (χ0v) is 12.4. The first-order valence-corrected chi connectivity index (χ1v) is 7.67. The zero-order chi connectivity index (χ0) is 13.5. The van der Waals surface area contributed by atoms with Crippen LogP contribution in [0.1, 0.15) is 24.9 Å². The first-order chi connectivity index (χ1) is 9.29. The van der Waals surface area contributed by atoms with Crippen molar-refractivity contribution in [3.63, 3.8) is 0 Å². The highest BCUT2D eigenvalue weighted by molar-refractivity contribution is 7.98. The Bertz CT molecular complexity index is 516. The van der Waals surface area contributed by atoms with E-state index in [2.05, 4.69) is 17.2 Å². The highest BCUT2D eigenvalue weighted by Crippen LogP contribution is 2.27. The Labute approximate surface area is 122 Å². The molecule has 0 atom stereocenters. The maximum atomic E-state index is 6.06. The van der Waals surface area contributed by atoms with Crippen LogP contribution in [0.4, 0.5) is 0 Å². The van der Waals surface area contributed by atoms with E-state index in [9.17, 15) is 0 Å². The topological polar surface area (TPSA) is 38.1 Å². The van der Waals surface area contributed by atoms with Crippen LogP contribution in [0, 0.1) is 0 Å². The molecule has 19 heavy (non-hydrogen) atoms. The van der Waals surface area contributed by atoms with Gasteiger partial charge >= 0.3 is 0 Å². The van der Waals surface area contributed by atoms with Gasteiger partial charge in [0.1, 0.15) is 16.5 Å². The average molecular weight is 297 g/mol. The van der Waals surface area contributed by atoms with E-state index in [0.29, 0.717) is 5.02 Å². The molecule has 3 nitrogen and oxygen atoms in total. The quantitative estimate of drug-likeness (QED) is 0.616. The third-order valence-corrected chi connectivity index (χ3v) is 3.96. The Hall–Kier alpha value is -0.970. The Morgan fingerprint density at radius 1 is 1.32 bits per heavy atom. The fourth-order valence-electron chi connectivity index (χ4n) is 1.60. The number of pyridine rings is 1. The fourth-order valence-corrected chi connectivity index (χ4v) is 2.66. The highest BCUT2D eigenvalue weighted by atomic mass is 35.5. The molecule has 0 amide bonds. The molecule has 2 heterocycles. The number of aromatic nitrogens is 1. The summed E-state index contributed by atoms with van der Waals surface area (Å²) >= 11 is 7.64. The van der Waals surface area contributed by atoms with Crippen molar-refractivity contribution in [3.8, 4) is 0 Å². The van der Waals surface area contributed by atoms with Gasteiger partial charge in [0.25, 0.3) is 0 Å². The third-order valence-electron chi connectivity index (χ3n) is 2.52. The molecular formula is C14H17ClN2OS. The monoisotopic (exact) mass is 296 g/mol. The lowest BCUT2D eigenvalue weighted by Gasteiger charge is -2.01. The van der Waals surface area contributed by atoms with Crippen LogP contribution < -0.4 is 5.32 Å². The SMILES string of the molecule is CCCNCc1ccc(CSc2ncccc2Cl)o1. The van der Waals surface area contributed by atoms with Crippen LogP contribution in [0.25, 0.3) is 0 Å². The number of rotatable bonds is 7. The standard InChI is InChI=1S/C14H17ClN2OS/c1-2-7-16-9-11-5-6-12(18-11)10-19-14-13(15)4-3-8-17-14/h3-6,8,16H,2,7,9-10H2,1H3. The number of hydrogen-bond donors (Lipinski definition) is 1. The summed E-state index contributed by atoms with van der Waals surface area (Å²) in [4.78, 5) is 4.24. The van der Waals surface area contributed by atoms with Crippen molar-refractivity contribution < 1.29 is 4.42 Å². The van der Waals surface area contributed by atoms with E-state index in [1.54, 1.807) is 18.0 Å². The summed E-state index contributed by atoms with van der Waals surface area (Å²) < 4.78 is 5.74. The van der Waals surface area contributed by atoms with Gasteiger partial charge in [-0.3, -0.25) is 0 Å². The van der Waals surface area contributed by atoms with Gasteiger partial charge in [0.2, 0.25) is 0 Å². The summed E-state index contributed by atoms with van der Waals surface area (Å²) in [7, 11) is 0. The van der Waals surface area contributed by atoms with Crippen LogP contribution >= 0.6 is 23.4 Å². The molecule has 5 heteroatoms. The molecule has 2 rings (SSSR count). The molecule has 2 aromatic heterocycles. The predicted octanol–water partition coefficient (Wildman–Crippen LogP) is 4.12. The van der Waals surface area contributed by atoms with Gasteiger partial charge in [0.05, 0.1) is 17.3 Å². The summed E-state index contributed by atoms with van der Waals surface area (Å²) in [6.07, 6.45) is 2.87. The maximum absolute atomic E-state index is 6.06. The molecule has 0 unspecified atom stereocenters. The normalized spacial score (nSPS) is 10.8. The molecule has 0 radical (unpaired) electrons. The molecule has 0 aliphatic rings. The van der Waals surface area contributed by atoms with Crippen LogP contribution in [0.2, 0.25) is 5.02 Å². The Morgan fingerprint density at radius 3 is 2.95 bits per heavy atom. The summed E-state index contributed by atoms with van der Waals surface area (Å²) in [5, 5.41) is 4.84. The second-order valence-electron chi connectivity index (χ2n) is 4.12. The van der Waals surface area contributed by atoms with Gasteiger partial charge in [-0.05, 0) is 37.2 Å². The Kier molecular flexibility index (Phi) is 5.76. The second-order valence-corrected chi connectivity index (χ2v) is 5.50. The van der Waals surface area contributed by atoms with Gasteiger partial charge in [-0.25, -0.2) is 4.98 Å². The van der Waals surface area contributed by atoms with Gasteiger partial charge in [0, 0.05) is 6.20 Å². The van der Waals surface area contributed by atoms with Crippen molar-refractivity contribution >= 4 is 23.4 Å². The van der Waals surface area contributed by atoms with Crippen LogP contribution in [0.3, 0.4) is 0 Å². The molecule has 0 saturated heterocycles. The predicted molar refractivity (Wildman–Crippen MR) is 79.5 cm³/mol. The largest absolute Gasteiger partial charge is 0.464 e. The number of thioether (sulfide) groups is 1. The molecule has 1 N–H and O–H groups in total. The Balaban J connectivity index is 1.85. The smallest absolute Gasteiger partial charge is 0.118 e. The van der Waals surface area contributed by atoms with E-state index in [0.717, 1.165) is 41.8 Å². The number of nitrogens with zero attached hydrogens (tertiary/aromatic N) is 1. The van der Waals surface area contributed by atoms with Crippen molar-refractivity contribution in [2.45, 2.75) is 30.7 Å². The molecule has 0 aliphatic heterocycles. The van der Waals surface area contributed by atoms with Crippen molar-refractivity contribution in [2.75, 3.05) is 6.54 Å². The summed E-state index contributed by atoms with van der Waals surface area (Å²) in [6, 6.07) is 7.70.